The molecule has 2 rings (SSSR count). The summed E-state index contributed by atoms with van der Waals surface area (Å²) < 4.78 is 42.5. The minimum atomic E-state index is -3.96. The lowest BCUT2D eigenvalue weighted by molar-refractivity contribution is -0.143. The minimum Gasteiger partial charge on any atom is -0.497 e. The molecular formula is C22H26N2O8S. The summed E-state index contributed by atoms with van der Waals surface area (Å²) in [5.41, 5.74) is 0.297. The fourth-order valence-electron chi connectivity index (χ4n) is 2.62. The maximum Gasteiger partial charge on any atom is 0.338 e. The van der Waals surface area contributed by atoms with Gasteiger partial charge in [0.1, 0.15) is 5.75 Å². The number of ether oxygens (including phenoxy) is 3. The summed E-state index contributed by atoms with van der Waals surface area (Å²) in [5.74, 6) is -1.17. The van der Waals surface area contributed by atoms with Gasteiger partial charge in [-0.25, -0.2) is 13.2 Å². The molecule has 0 radical (unpaired) electrons. The number of anilines is 1. The van der Waals surface area contributed by atoms with Gasteiger partial charge >= 0.3 is 11.9 Å². The van der Waals surface area contributed by atoms with Gasteiger partial charge in [0.15, 0.2) is 6.61 Å². The molecule has 2 aromatic rings. The highest BCUT2D eigenvalue weighted by molar-refractivity contribution is 7.92. The second kappa shape index (κ2) is 12.4. The molecule has 0 heterocycles. The predicted molar refractivity (Wildman–Crippen MR) is 119 cm³/mol. The first-order valence-electron chi connectivity index (χ1n) is 10.1. The van der Waals surface area contributed by atoms with Gasteiger partial charge in [-0.2, -0.15) is 0 Å². The van der Waals surface area contributed by atoms with Gasteiger partial charge in [0.2, 0.25) is 0 Å². The van der Waals surface area contributed by atoms with E-state index in [4.69, 9.17) is 14.2 Å². The normalized spacial score (nSPS) is 10.7. The molecule has 0 unspecified atom stereocenters. The first-order valence-corrected chi connectivity index (χ1v) is 11.6. The molecule has 0 aliphatic rings. The van der Waals surface area contributed by atoms with Crippen LogP contribution in [0.15, 0.2) is 53.4 Å². The van der Waals surface area contributed by atoms with Crippen molar-refractivity contribution in [2.45, 2.75) is 24.7 Å². The van der Waals surface area contributed by atoms with Crippen molar-refractivity contribution in [1.82, 2.24) is 5.32 Å². The number of esters is 2. The Morgan fingerprint density at radius 3 is 2.39 bits per heavy atom. The SMILES string of the molecule is CCOC(=O)CCCNC(=O)COC(=O)c1cccc(S(=O)(=O)Nc2ccc(OC)cc2)c1. The quantitative estimate of drug-likeness (QED) is 0.350. The number of sulfonamides is 1. The number of benzene rings is 2. The molecule has 0 atom stereocenters. The Morgan fingerprint density at radius 2 is 1.73 bits per heavy atom. The lowest BCUT2D eigenvalue weighted by atomic mass is 10.2. The molecule has 1 amide bonds. The van der Waals surface area contributed by atoms with Crippen LogP contribution < -0.4 is 14.8 Å². The second-order valence-electron chi connectivity index (χ2n) is 6.70. The first kappa shape index (κ1) is 25.7. The summed E-state index contributed by atoms with van der Waals surface area (Å²) >= 11 is 0. The third-order valence-corrected chi connectivity index (χ3v) is 5.62. The van der Waals surface area contributed by atoms with Crippen LogP contribution in [0.2, 0.25) is 0 Å². The molecule has 0 saturated heterocycles. The Morgan fingerprint density at radius 1 is 1.00 bits per heavy atom. The lowest BCUT2D eigenvalue weighted by Crippen LogP contribution is -2.30. The van der Waals surface area contributed by atoms with Crippen molar-refractivity contribution in [3.8, 4) is 5.75 Å². The third kappa shape index (κ3) is 8.45. The van der Waals surface area contributed by atoms with E-state index in [2.05, 4.69) is 10.0 Å². The van der Waals surface area contributed by atoms with Crippen molar-refractivity contribution >= 4 is 33.6 Å². The Kier molecular flexibility index (Phi) is 9.67. The molecule has 0 spiro atoms. The van der Waals surface area contributed by atoms with Crippen LogP contribution in [-0.4, -0.2) is 53.1 Å². The summed E-state index contributed by atoms with van der Waals surface area (Å²) in [6.45, 7) is 1.68. The topological polar surface area (TPSA) is 137 Å². The molecule has 0 aliphatic carbocycles. The van der Waals surface area contributed by atoms with Crippen LogP contribution in [0, 0.1) is 0 Å². The number of amides is 1. The third-order valence-electron chi connectivity index (χ3n) is 4.24. The van der Waals surface area contributed by atoms with Crippen molar-refractivity contribution in [2.24, 2.45) is 0 Å². The van der Waals surface area contributed by atoms with Crippen molar-refractivity contribution in [3.63, 3.8) is 0 Å². The number of hydrogen-bond donors (Lipinski definition) is 2. The van der Waals surface area contributed by atoms with Crippen LogP contribution in [0.1, 0.15) is 30.1 Å². The van der Waals surface area contributed by atoms with Gasteiger partial charge < -0.3 is 19.5 Å². The largest absolute Gasteiger partial charge is 0.497 e. The highest BCUT2D eigenvalue weighted by Crippen LogP contribution is 2.20. The molecule has 178 valence electrons. The van der Waals surface area contributed by atoms with Gasteiger partial charge in [-0.15, -0.1) is 0 Å². The summed E-state index contributed by atoms with van der Waals surface area (Å²) in [6.07, 6.45) is 0.555. The van der Waals surface area contributed by atoms with Crippen molar-refractivity contribution in [1.29, 1.82) is 0 Å². The number of carbonyl (C=O) groups excluding carboxylic acids is 3. The molecule has 0 fully saturated rings. The fraction of sp³-hybridized carbons (Fsp3) is 0.318. The summed E-state index contributed by atoms with van der Waals surface area (Å²) in [7, 11) is -2.46. The van der Waals surface area contributed by atoms with Crippen molar-refractivity contribution in [2.75, 3.05) is 31.6 Å². The standard InChI is InChI=1S/C22H26N2O8S/c1-3-31-21(26)8-5-13-23-20(25)15-32-22(27)16-6-4-7-19(14-16)33(28,29)24-17-9-11-18(30-2)12-10-17/h4,6-7,9-12,14,24H,3,5,8,13,15H2,1-2H3,(H,23,25). The molecule has 11 heteroatoms. The Bertz CT molecular complexity index is 1070. The fourth-order valence-corrected chi connectivity index (χ4v) is 3.73. The van der Waals surface area contributed by atoms with Gasteiger partial charge in [-0.3, -0.25) is 14.3 Å². The first-order chi connectivity index (χ1) is 15.7. The Labute approximate surface area is 192 Å². The van der Waals surface area contributed by atoms with Gasteiger partial charge in [0.05, 0.1) is 24.2 Å². The number of carbonyl (C=O) groups is 3. The smallest absolute Gasteiger partial charge is 0.338 e. The molecular weight excluding hydrogens is 452 g/mol. The minimum absolute atomic E-state index is 0.0253. The zero-order valence-electron chi connectivity index (χ0n) is 18.3. The van der Waals surface area contributed by atoms with Crippen LogP contribution in [0.3, 0.4) is 0 Å². The molecule has 0 saturated carbocycles. The zero-order chi connectivity index (χ0) is 24.3. The van der Waals surface area contributed by atoms with E-state index in [1.54, 1.807) is 31.2 Å². The van der Waals surface area contributed by atoms with Gasteiger partial charge in [0, 0.05) is 18.7 Å². The van der Waals surface area contributed by atoms with Gasteiger partial charge in [-0.1, -0.05) is 6.07 Å². The summed E-state index contributed by atoms with van der Waals surface area (Å²) in [5, 5.41) is 2.52. The van der Waals surface area contributed by atoms with Crippen LogP contribution in [0.25, 0.3) is 0 Å². The van der Waals surface area contributed by atoms with E-state index < -0.39 is 28.5 Å². The highest BCUT2D eigenvalue weighted by Gasteiger charge is 2.18. The van der Waals surface area contributed by atoms with Crippen LogP contribution in [0.4, 0.5) is 5.69 Å². The molecule has 10 nitrogen and oxygen atoms in total. The Balaban J connectivity index is 1.88. The van der Waals surface area contributed by atoms with E-state index in [9.17, 15) is 22.8 Å². The lowest BCUT2D eigenvalue weighted by Gasteiger charge is -2.10. The maximum absolute atomic E-state index is 12.6. The Hall–Kier alpha value is -3.60. The molecule has 0 aliphatic heterocycles. The molecule has 0 aromatic heterocycles. The van der Waals surface area contributed by atoms with Crippen LogP contribution >= 0.6 is 0 Å². The van der Waals surface area contributed by atoms with Crippen LogP contribution in [0.5, 0.6) is 5.75 Å². The summed E-state index contributed by atoms with van der Waals surface area (Å²) in [6, 6.07) is 11.6. The number of nitrogens with one attached hydrogen (secondary N) is 2. The average Bonchev–Trinajstić information content (AvgIpc) is 2.81. The average molecular weight is 479 g/mol. The number of rotatable bonds is 12. The highest BCUT2D eigenvalue weighted by atomic mass is 32.2. The van der Waals surface area contributed by atoms with E-state index in [0.29, 0.717) is 24.5 Å². The molecule has 2 N–H and O–H groups in total. The van der Waals surface area contributed by atoms with E-state index in [-0.39, 0.29) is 29.4 Å². The van der Waals surface area contributed by atoms with Crippen molar-refractivity contribution in [3.05, 3.63) is 54.1 Å². The predicted octanol–water partition coefficient (Wildman–Crippen LogP) is 2.11. The second-order valence-corrected chi connectivity index (χ2v) is 8.38. The zero-order valence-corrected chi connectivity index (χ0v) is 19.1. The van der Waals surface area contributed by atoms with Gasteiger partial charge in [-0.05, 0) is 55.8 Å². The number of hydrogen-bond acceptors (Lipinski definition) is 8. The van der Waals surface area contributed by atoms with E-state index in [1.807, 2.05) is 0 Å². The van der Waals surface area contributed by atoms with Crippen LogP contribution in [-0.2, 0) is 29.1 Å². The van der Waals surface area contributed by atoms with E-state index in [1.165, 1.54) is 25.3 Å². The molecule has 0 bridgehead atoms. The summed E-state index contributed by atoms with van der Waals surface area (Å²) in [4.78, 5) is 35.1. The monoisotopic (exact) mass is 478 g/mol. The maximum atomic E-state index is 12.6. The molecule has 33 heavy (non-hydrogen) atoms. The van der Waals surface area contributed by atoms with E-state index >= 15 is 0 Å². The van der Waals surface area contributed by atoms with E-state index in [0.717, 1.165) is 6.07 Å². The van der Waals surface area contributed by atoms with Crippen molar-refractivity contribution < 1.29 is 37.0 Å². The number of methoxy groups -OCH3 is 1. The molecule has 2 aromatic carbocycles. The van der Waals surface area contributed by atoms with Gasteiger partial charge in [0.25, 0.3) is 15.9 Å².